The normalized spacial score (nSPS) is 14.0. The topological polar surface area (TPSA) is 112 Å². The van der Waals surface area contributed by atoms with E-state index in [1.54, 1.807) is 0 Å². The highest BCUT2D eigenvalue weighted by molar-refractivity contribution is 5.96. The molecule has 1 aromatic heterocycles. The fourth-order valence-corrected chi connectivity index (χ4v) is 2.84. The number of furan rings is 1. The van der Waals surface area contributed by atoms with Gasteiger partial charge in [0.15, 0.2) is 6.10 Å². The first kappa shape index (κ1) is 18.4. The number of ether oxygens (including phenoxy) is 1. The molecular weight excluding hydrogens is 352 g/mol. The van der Waals surface area contributed by atoms with Gasteiger partial charge in [0.1, 0.15) is 10.7 Å². The number of hydrogen-bond donors (Lipinski definition) is 1. The maximum absolute atomic E-state index is 12.2. The van der Waals surface area contributed by atoms with Crippen molar-refractivity contribution in [2.75, 3.05) is 5.32 Å². The molecule has 0 radical (unpaired) electrons. The van der Waals surface area contributed by atoms with Crippen molar-refractivity contribution >= 4 is 29.5 Å². The van der Waals surface area contributed by atoms with Gasteiger partial charge in [-0.3, -0.25) is 14.9 Å². The standard InChI is InChI=1S/C19H18N2O6/c1-12(19(23)20-15-6-5-13-3-2-4-14(13)11-15)26-18(22)10-8-16-7-9-17(27-16)21(24)25/h5-12H,2-4H2,1H3,(H,20,23)/b10-8+/t12-/m0/s1. The third kappa shape index (κ3) is 4.60. The Morgan fingerprint density at radius 2 is 2.04 bits per heavy atom. The Bertz CT molecular complexity index is 915. The Kier molecular flexibility index (Phi) is 5.35. The summed E-state index contributed by atoms with van der Waals surface area (Å²) in [5.41, 5.74) is 3.20. The Hall–Kier alpha value is -3.42. The van der Waals surface area contributed by atoms with Gasteiger partial charge in [0.05, 0.1) is 6.07 Å². The van der Waals surface area contributed by atoms with E-state index in [1.165, 1.54) is 36.3 Å². The van der Waals surface area contributed by atoms with Crippen LogP contribution in [-0.2, 0) is 27.2 Å². The molecule has 140 valence electrons. The lowest BCUT2D eigenvalue weighted by atomic mass is 10.1. The van der Waals surface area contributed by atoms with Gasteiger partial charge in [-0.25, -0.2) is 4.79 Å². The number of carbonyl (C=O) groups is 2. The zero-order chi connectivity index (χ0) is 19.4. The zero-order valence-corrected chi connectivity index (χ0v) is 14.6. The summed E-state index contributed by atoms with van der Waals surface area (Å²) in [5, 5.41) is 13.3. The average Bonchev–Trinajstić information content (AvgIpc) is 3.28. The highest BCUT2D eigenvalue weighted by atomic mass is 16.6. The molecule has 2 aromatic rings. The Balaban J connectivity index is 1.53. The highest BCUT2D eigenvalue weighted by Crippen LogP contribution is 2.25. The summed E-state index contributed by atoms with van der Waals surface area (Å²) in [6.07, 6.45) is 4.46. The lowest BCUT2D eigenvalue weighted by Gasteiger charge is -2.13. The number of esters is 1. The average molecular weight is 370 g/mol. The van der Waals surface area contributed by atoms with Crippen LogP contribution in [0.2, 0.25) is 0 Å². The number of nitrogens with one attached hydrogen (secondary N) is 1. The van der Waals surface area contributed by atoms with Crippen LogP contribution in [0.4, 0.5) is 11.6 Å². The largest absolute Gasteiger partial charge is 0.449 e. The van der Waals surface area contributed by atoms with Crippen molar-refractivity contribution in [2.45, 2.75) is 32.3 Å². The SMILES string of the molecule is C[C@H](OC(=O)/C=C/c1ccc([N+](=O)[O-])o1)C(=O)Nc1ccc2c(c1)CCC2. The Morgan fingerprint density at radius 1 is 1.26 bits per heavy atom. The Morgan fingerprint density at radius 3 is 2.78 bits per heavy atom. The van der Waals surface area contributed by atoms with Crippen LogP contribution >= 0.6 is 0 Å². The monoisotopic (exact) mass is 370 g/mol. The van der Waals surface area contributed by atoms with E-state index in [9.17, 15) is 19.7 Å². The van der Waals surface area contributed by atoms with Crippen molar-refractivity contribution in [3.05, 3.63) is 63.4 Å². The van der Waals surface area contributed by atoms with Gasteiger partial charge in [-0.05, 0) is 61.6 Å². The molecule has 0 bridgehead atoms. The molecule has 1 aromatic carbocycles. The molecule has 1 aliphatic rings. The zero-order valence-electron chi connectivity index (χ0n) is 14.6. The smallest absolute Gasteiger partial charge is 0.433 e. The van der Waals surface area contributed by atoms with Crippen molar-refractivity contribution in [3.63, 3.8) is 0 Å². The summed E-state index contributed by atoms with van der Waals surface area (Å²) >= 11 is 0. The molecule has 1 amide bonds. The van der Waals surface area contributed by atoms with Crippen molar-refractivity contribution in [1.82, 2.24) is 0 Å². The van der Waals surface area contributed by atoms with Crippen molar-refractivity contribution in [1.29, 1.82) is 0 Å². The van der Waals surface area contributed by atoms with Crippen LogP contribution in [-0.4, -0.2) is 22.9 Å². The van der Waals surface area contributed by atoms with Crippen LogP contribution < -0.4 is 5.32 Å². The molecule has 3 rings (SSSR count). The number of carbonyl (C=O) groups excluding carboxylic acids is 2. The number of fused-ring (bicyclic) bond motifs is 1. The minimum atomic E-state index is -0.999. The molecule has 1 atom stereocenters. The quantitative estimate of drug-likeness (QED) is 0.361. The lowest BCUT2D eigenvalue weighted by Crippen LogP contribution is -2.29. The van der Waals surface area contributed by atoms with Gasteiger partial charge < -0.3 is 14.5 Å². The number of rotatable bonds is 6. The molecular formula is C19H18N2O6. The number of nitro groups is 1. The Labute approximate surface area is 155 Å². The maximum atomic E-state index is 12.2. The molecule has 0 saturated carbocycles. The van der Waals surface area contributed by atoms with E-state index in [0.29, 0.717) is 5.69 Å². The number of nitrogens with zero attached hydrogens (tertiary/aromatic N) is 1. The third-order valence-corrected chi connectivity index (χ3v) is 4.20. The fraction of sp³-hybridized carbons (Fsp3) is 0.263. The first-order valence-corrected chi connectivity index (χ1v) is 8.48. The van der Waals surface area contributed by atoms with E-state index in [0.717, 1.165) is 25.3 Å². The summed E-state index contributed by atoms with van der Waals surface area (Å²) < 4.78 is 9.93. The third-order valence-electron chi connectivity index (χ3n) is 4.20. The minimum absolute atomic E-state index is 0.133. The molecule has 8 heteroatoms. The first-order valence-electron chi connectivity index (χ1n) is 8.48. The van der Waals surface area contributed by atoms with E-state index in [1.807, 2.05) is 18.2 Å². The van der Waals surface area contributed by atoms with Crippen LogP contribution in [0.15, 0.2) is 40.8 Å². The summed E-state index contributed by atoms with van der Waals surface area (Å²) in [7, 11) is 0. The number of benzene rings is 1. The van der Waals surface area contributed by atoms with Crippen molar-refractivity contribution in [3.8, 4) is 0 Å². The van der Waals surface area contributed by atoms with Crippen molar-refractivity contribution in [2.24, 2.45) is 0 Å². The van der Waals surface area contributed by atoms with Crippen LogP contribution in [0.3, 0.4) is 0 Å². The summed E-state index contributed by atoms with van der Waals surface area (Å²) in [4.78, 5) is 33.9. The van der Waals surface area contributed by atoms with Crippen LogP contribution in [0.1, 0.15) is 30.2 Å². The predicted octanol–water partition coefficient (Wildman–Crippen LogP) is 3.26. The van der Waals surface area contributed by atoms with Crippen molar-refractivity contribution < 1.29 is 23.7 Å². The maximum Gasteiger partial charge on any atom is 0.433 e. The molecule has 1 N–H and O–H groups in total. The molecule has 1 aliphatic carbocycles. The van der Waals surface area contributed by atoms with Crippen LogP contribution in [0.5, 0.6) is 0 Å². The van der Waals surface area contributed by atoms with Gasteiger partial charge in [-0.15, -0.1) is 0 Å². The molecule has 8 nitrogen and oxygen atoms in total. The number of anilines is 1. The molecule has 0 aliphatic heterocycles. The summed E-state index contributed by atoms with van der Waals surface area (Å²) in [5.74, 6) is -1.49. The predicted molar refractivity (Wildman–Crippen MR) is 97.0 cm³/mol. The van der Waals surface area contributed by atoms with Gasteiger partial charge in [-0.1, -0.05) is 6.07 Å². The van der Waals surface area contributed by atoms with Gasteiger partial charge in [0, 0.05) is 11.8 Å². The van der Waals surface area contributed by atoms with Gasteiger partial charge in [0.2, 0.25) is 0 Å². The molecule has 0 spiro atoms. The molecule has 1 heterocycles. The van der Waals surface area contributed by atoms with E-state index < -0.39 is 28.8 Å². The van der Waals surface area contributed by atoms with Gasteiger partial charge in [-0.2, -0.15) is 0 Å². The summed E-state index contributed by atoms with van der Waals surface area (Å²) in [6.45, 7) is 1.46. The minimum Gasteiger partial charge on any atom is -0.449 e. The summed E-state index contributed by atoms with van der Waals surface area (Å²) in [6, 6.07) is 8.31. The van der Waals surface area contributed by atoms with E-state index >= 15 is 0 Å². The first-order chi connectivity index (χ1) is 12.9. The molecule has 0 fully saturated rings. The van der Waals surface area contributed by atoms with Gasteiger partial charge in [0.25, 0.3) is 5.91 Å². The van der Waals surface area contributed by atoms with E-state index in [-0.39, 0.29) is 5.76 Å². The number of amides is 1. The second-order valence-electron chi connectivity index (χ2n) is 6.17. The number of aryl methyl sites for hydroxylation is 2. The molecule has 0 unspecified atom stereocenters. The molecule has 0 saturated heterocycles. The van der Waals surface area contributed by atoms with Gasteiger partial charge >= 0.3 is 11.9 Å². The highest BCUT2D eigenvalue weighted by Gasteiger charge is 2.18. The fourth-order valence-electron chi connectivity index (χ4n) is 2.84. The lowest BCUT2D eigenvalue weighted by molar-refractivity contribution is -0.402. The van der Waals surface area contributed by atoms with E-state index in [4.69, 9.17) is 9.15 Å². The second kappa shape index (κ2) is 7.86. The molecule has 27 heavy (non-hydrogen) atoms. The van der Waals surface area contributed by atoms with Crippen LogP contribution in [0.25, 0.3) is 6.08 Å². The van der Waals surface area contributed by atoms with E-state index in [2.05, 4.69) is 5.32 Å². The number of hydrogen-bond acceptors (Lipinski definition) is 6. The van der Waals surface area contributed by atoms with Crippen LogP contribution in [0, 0.1) is 10.1 Å². The second-order valence-corrected chi connectivity index (χ2v) is 6.17.